The smallest absolute Gasteiger partial charge is 0.332 e. The molecule has 0 saturated carbocycles. The van der Waals surface area contributed by atoms with E-state index in [1.807, 2.05) is 35.0 Å². The Labute approximate surface area is 132 Å². The Bertz CT molecular complexity index is 491. The minimum Gasteiger partial charge on any atom is -0.478 e. The van der Waals surface area contributed by atoms with Gasteiger partial charge < -0.3 is 10.2 Å². The van der Waals surface area contributed by atoms with Crippen LogP contribution in [-0.2, 0) is 14.2 Å². The number of carboxylic acids is 2. The van der Waals surface area contributed by atoms with E-state index in [-0.39, 0.29) is 34.4 Å². The molecule has 1 unspecified atom stereocenters. The van der Waals surface area contributed by atoms with E-state index in [9.17, 15) is 24.4 Å². The van der Waals surface area contributed by atoms with Crippen LogP contribution in [0, 0.1) is 0 Å². The Morgan fingerprint density at radius 2 is 1.41 bits per heavy atom. The van der Waals surface area contributed by atoms with Crippen LogP contribution in [0.3, 0.4) is 0 Å². The molecule has 0 rings (SSSR count). The standard InChI is InChI=1S/C15H28NO5P/c1-6-8-9-12(14(17)18)13(15(19)20)10-11-22(21,7-2)16(3,4)5/h6-11H2,1-5H3,(H-,17,18,19,20)/p+1. The molecule has 0 aromatic carbocycles. The highest BCUT2D eigenvalue weighted by Crippen LogP contribution is 2.53. The molecule has 0 aliphatic rings. The Morgan fingerprint density at radius 1 is 0.955 bits per heavy atom. The second-order valence-corrected chi connectivity index (χ2v) is 10.2. The average Bonchev–Trinajstić information content (AvgIpc) is 2.39. The van der Waals surface area contributed by atoms with E-state index in [1.165, 1.54) is 0 Å². The van der Waals surface area contributed by atoms with Gasteiger partial charge >= 0.3 is 11.9 Å². The second kappa shape index (κ2) is 8.49. The predicted molar refractivity (Wildman–Crippen MR) is 87.5 cm³/mol. The molecule has 1 atom stereocenters. The third kappa shape index (κ3) is 5.58. The Balaban J connectivity index is 5.49. The van der Waals surface area contributed by atoms with Crippen molar-refractivity contribution in [3.63, 3.8) is 0 Å². The van der Waals surface area contributed by atoms with Crippen LogP contribution in [0.15, 0.2) is 11.1 Å². The number of unbranched alkanes of at least 4 members (excludes halogenated alkanes) is 1. The average molecular weight is 334 g/mol. The zero-order chi connectivity index (χ0) is 17.6. The summed E-state index contributed by atoms with van der Waals surface area (Å²) in [6.45, 7) is 3.74. The molecular weight excluding hydrogens is 305 g/mol. The van der Waals surface area contributed by atoms with Crippen molar-refractivity contribution in [1.29, 1.82) is 0 Å². The minimum absolute atomic E-state index is 0.0291. The molecule has 0 aromatic rings. The maximum atomic E-state index is 12.9. The fraction of sp³-hybridized carbons (Fsp3) is 0.733. The molecule has 0 radical (unpaired) electrons. The van der Waals surface area contributed by atoms with Gasteiger partial charge in [-0.05, 0) is 19.3 Å². The van der Waals surface area contributed by atoms with Crippen molar-refractivity contribution < 1.29 is 28.6 Å². The van der Waals surface area contributed by atoms with Crippen molar-refractivity contribution in [1.82, 2.24) is 0 Å². The van der Waals surface area contributed by atoms with Gasteiger partial charge in [-0.2, -0.15) is 0 Å². The highest BCUT2D eigenvalue weighted by Gasteiger charge is 2.36. The van der Waals surface area contributed by atoms with Crippen LogP contribution < -0.4 is 0 Å². The lowest BCUT2D eigenvalue weighted by Crippen LogP contribution is -2.33. The van der Waals surface area contributed by atoms with Gasteiger partial charge in [0.15, 0.2) is 0 Å². The van der Waals surface area contributed by atoms with Crippen LogP contribution in [0.5, 0.6) is 0 Å². The van der Waals surface area contributed by atoms with Crippen LogP contribution in [0.1, 0.15) is 39.5 Å². The van der Waals surface area contributed by atoms with Crippen molar-refractivity contribution in [3.8, 4) is 0 Å². The molecule has 2 N–H and O–H groups in total. The van der Waals surface area contributed by atoms with Crippen molar-refractivity contribution in [2.45, 2.75) is 39.5 Å². The Hall–Kier alpha value is -1.13. The molecule has 6 nitrogen and oxygen atoms in total. The zero-order valence-corrected chi connectivity index (χ0v) is 15.2. The lowest BCUT2D eigenvalue weighted by atomic mass is 10.0. The molecule has 0 aliphatic carbocycles. The normalized spacial score (nSPS) is 15.9. The lowest BCUT2D eigenvalue weighted by Gasteiger charge is -2.33. The van der Waals surface area contributed by atoms with Gasteiger partial charge in [-0.25, -0.2) is 9.59 Å². The summed E-state index contributed by atoms with van der Waals surface area (Å²) in [6.07, 6.45) is 2.34. The molecule has 22 heavy (non-hydrogen) atoms. The highest BCUT2D eigenvalue weighted by molar-refractivity contribution is 7.58. The summed E-state index contributed by atoms with van der Waals surface area (Å²) in [5, 5.41) is 18.6. The van der Waals surface area contributed by atoms with Crippen molar-refractivity contribution in [2.24, 2.45) is 0 Å². The first-order valence-electron chi connectivity index (χ1n) is 7.58. The molecule has 0 heterocycles. The quantitative estimate of drug-likeness (QED) is 0.473. The summed E-state index contributed by atoms with van der Waals surface area (Å²) in [5.41, 5.74) is -0.165. The SMILES string of the molecule is CCCCC(C(=O)O)=C(CCP(=O)(CC)[N+](C)(C)C)C(=O)O. The number of carbonyl (C=O) groups is 2. The molecular formula is C15H29NO5P+. The monoisotopic (exact) mass is 334 g/mol. The molecule has 0 fully saturated rings. The van der Waals surface area contributed by atoms with Gasteiger partial charge in [0, 0.05) is 17.3 Å². The Morgan fingerprint density at radius 3 is 1.73 bits per heavy atom. The van der Waals surface area contributed by atoms with Gasteiger partial charge in [-0.1, -0.05) is 20.3 Å². The molecule has 0 spiro atoms. The number of quaternary nitrogens is 1. The highest BCUT2D eigenvalue weighted by atomic mass is 31.2. The molecule has 0 aliphatic heterocycles. The van der Waals surface area contributed by atoms with Gasteiger partial charge in [-0.3, -0.25) is 8.82 Å². The van der Waals surface area contributed by atoms with E-state index in [0.29, 0.717) is 12.6 Å². The predicted octanol–water partition coefficient (Wildman–Crippen LogP) is 3.04. The molecule has 0 amide bonds. The van der Waals surface area contributed by atoms with E-state index < -0.39 is 19.2 Å². The van der Waals surface area contributed by atoms with E-state index in [1.54, 1.807) is 0 Å². The van der Waals surface area contributed by atoms with Gasteiger partial charge in [0.1, 0.15) is 0 Å². The number of hydrogen-bond donors (Lipinski definition) is 2. The maximum absolute atomic E-state index is 12.9. The lowest BCUT2D eigenvalue weighted by molar-refractivity contribution is -0.746. The first kappa shape index (κ1) is 20.9. The minimum atomic E-state index is -2.63. The van der Waals surface area contributed by atoms with Crippen molar-refractivity contribution >= 4 is 19.2 Å². The topological polar surface area (TPSA) is 91.7 Å². The van der Waals surface area contributed by atoms with Gasteiger partial charge in [0.2, 0.25) is 7.29 Å². The van der Waals surface area contributed by atoms with E-state index in [0.717, 1.165) is 6.42 Å². The van der Waals surface area contributed by atoms with Gasteiger partial charge in [-0.15, -0.1) is 0 Å². The molecule has 0 aromatic heterocycles. The van der Waals surface area contributed by atoms with Gasteiger partial charge in [0.25, 0.3) is 0 Å². The summed E-state index contributed by atoms with van der Waals surface area (Å²) < 4.78 is 13.2. The third-order valence-corrected chi connectivity index (χ3v) is 8.06. The number of hydrogen-bond acceptors (Lipinski definition) is 3. The van der Waals surface area contributed by atoms with Crippen molar-refractivity contribution in [2.75, 3.05) is 33.5 Å². The van der Waals surface area contributed by atoms with E-state index in [2.05, 4.69) is 0 Å². The number of carboxylic acid groups (broad SMARTS) is 2. The Kier molecular flexibility index (Phi) is 8.05. The van der Waals surface area contributed by atoms with E-state index in [4.69, 9.17) is 0 Å². The van der Waals surface area contributed by atoms with Crippen molar-refractivity contribution in [3.05, 3.63) is 11.1 Å². The van der Waals surface area contributed by atoms with Crippen LogP contribution >= 0.6 is 7.29 Å². The first-order valence-corrected chi connectivity index (χ1v) is 9.61. The summed E-state index contributed by atoms with van der Waals surface area (Å²) >= 11 is 0. The summed E-state index contributed by atoms with van der Waals surface area (Å²) in [5.74, 6) is -2.42. The molecule has 0 bridgehead atoms. The maximum Gasteiger partial charge on any atom is 0.332 e. The fourth-order valence-corrected chi connectivity index (χ4v) is 4.63. The number of nitrogens with zero attached hydrogens (tertiary/aromatic N) is 1. The van der Waals surface area contributed by atoms with Crippen LogP contribution in [0.4, 0.5) is 0 Å². The fourth-order valence-electron chi connectivity index (χ4n) is 2.30. The largest absolute Gasteiger partial charge is 0.478 e. The second-order valence-electron chi connectivity index (χ2n) is 6.25. The van der Waals surface area contributed by atoms with Crippen LogP contribution in [0.25, 0.3) is 0 Å². The summed E-state index contributed by atoms with van der Waals surface area (Å²) in [4.78, 5) is 22.8. The molecule has 128 valence electrons. The van der Waals surface area contributed by atoms with E-state index >= 15 is 0 Å². The zero-order valence-electron chi connectivity index (χ0n) is 14.3. The molecule has 7 heteroatoms. The first-order chi connectivity index (χ1) is 10.00. The number of rotatable bonds is 10. The number of aliphatic carboxylic acids is 2. The molecule has 0 saturated heterocycles. The third-order valence-electron chi connectivity index (χ3n) is 3.96. The summed E-state index contributed by atoms with van der Waals surface area (Å²) in [7, 11) is 2.84. The van der Waals surface area contributed by atoms with Crippen LogP contribution in [0.2, 0.25) is 0 Å². The summed E-state index contributed by atoms with van der Waals surface area (Å²) in [6, 6.07) is 0. The van der Waals surface area contributed by atoms with Gasteiger partial charge in [0.05, 0.1) is 27.3 Å². The van der Waals surface area contributed by atoms with Crippen LogP contribution in [-0.4, -0.2) is 59.9 Å².